The smallest absolute Gasteiger partial charge is 0.300 e. The van der Waals surface area contributed by atoms with E-state index in [1.807, 2.05) is 0 Å². The van der Waals surface area contributed by atoms with Crippen LogP contribution < -0.4 is 5.32 Å². The lowest BCUT2D eigenvalue weighted by molar-refractivity contribution is -0.137. The fraction of sp³-hybridized carbons (Fsp3) is 0.167. The lowest BCUT2D eigenvalue weighted by Gasteiger charge is -2.06. The summed E-state index contributed by atoms with van der Waals surface area (Å²) in [7, 11) is 0. The summed E-state index contributed by atoms with van der Waals surface area (Å²) in [5.74, 6) is -0.249. The molecule has 0 bridgehead atoms. The molecule has 10 heteroatoms. The average Bonchev–Trinajstić information content (AvgIpc) is 3.09. The molecule has 1 heterocycles. The van der Waals surface area contributed by atoms with Crippen molar-refractivity contribution in [1.82, 2.24) is 10.2 Å². The van der Waals surface area contributed by atoms with Gasteiger partial charge < -0.3 is 5.32 Å². The largest absolute Gasteiger partial charge is 0.416 e. The van der Waals surface area contributed by atoms with E-state index in [1.165, 1.54) is 59.5 Å². The Morgan fingerprint density at radius 2 is 1.64 bits per heavy atom. The maximum Gasteiger partial charge on any atom is 0.416 e. The molecule has 4 nitrogen and oxygen atoms in total. The predicted octanol–water partition coefficient (Wildman–Crippen LogP) is 5.17. The van der Waals surface area contributed by atoms with Gasteiger partial charge in [-0.05, 0) is 35.4 Å². The zero-order chi connectivity index (χ0) is 20.1. The highest BCUT2D eigenvalue weighted by molar-refractivity contribution is 8.00. The Kier molecular flexibility index (Phi) is 6.30. The number of nitrogens with one attached hydrogen (secondary N) is 1. The van der Waals surface area contributed by atoms with Gasteiger partial charge in [0, 0.05) is 5.75 Å². The van der Waals surface area contributed by atoms with Gasteiger partial charge in [0.15, 0.2) is 4.34 Å². The molecule has 0 saturated heterocycles. The van der Waals surface area contributed by atoms with Crippen LogP contribution in [0, 0.1) is 5.82 Å². The van der Waals surface area contributed by atoms with Crippen LogP contribution in [0.4, 0.5) is 22.7 Å². The highest BCUT2D eigenvalue weighted by atomic mass is 32.2. The van der Waals surface area contributed by atoms with Crippen LogP contribution in [0.5, 0.6) is 0 Å². The van der Waals surface area contributed by atoms with Crippen molar-refractivity contribution < 1.29 is 22.4 Å². The van der Waals surface area contributed by atoms with E-state index < -0.39 is 11.7 Å². The van der Waals surface area contributed by atoms with Crippen molar-refractivity contribution in [3.63, 3.8) is 0 Å². The second-order valence-corrected chi connectivity index (χ2v) is 7.91. The normalized spacial score (nSPS) is 11.4. The number of carbonyl (C=O) groups excluding carboxylic acids is 1. The fourth-order valence-corrected chi connectivity index (χ4v) is 3.93. The molecule has 0 aliphatic rings. The number of alkyl halides is 3. The number of anilines is 1. The van der Waals surface area contributed by atoms with Gasteiger partial charge in [0.05, 0.1) is 12.0 Å². The summed E-state index contributed by atoms with van der Waals surface area (Å²) < 4.78 is 51.1. The topological polar surface area (TPSA) is 54.9 Å². The van der Waals surface area contributed by atoms with Gasteiger partial charge >= 0.3 is 6.18 Å². The molecule has 0 fully saturated rings. The van der Waals surface area contributed by atoms with Crippen LogP contribution in [0.2, 0.25) is 0 Å². The Labute approximate surface area is 166 Å². The van der Waals surface area contributed by atoms with Crippen molar-refractivity contribution in [3.8, 4) is 0 Å². The third kappa shape index (κ3) is 5.77. The van der Waals surface area contributed by atoms with Gasteiger partial charge in [0.25, 0.3) is 0 Å². The van der Waals surface area contributed by atoms with Crippen LogP contribution in [-0.2, 0) is 23.1 Å². The molecule has 0 spiro atoms. The number of aromatic nitrogens is 2. The molecule has 0 unspecified atom stereocenters. The van der Waals surface area contributed by atoms with Crippen LogP contribution in [0.25, 0.3) is 0 Å². The summed E-state index contributed by atoms with van der Waals surface area (Å²) in [4.78, 5) is 12.0. The first kappa shape index (κ1) is 20.3. The molecule has 0 atom stereocenters. The van der Waals surface area contributed by atoms with E-state index in [0.717, 1.165) is 17.7 Å². The number of thioether (sulfide) groups is 1. The molecule has 0 saturated carbocycles. The predicted molar refractivity (Wildman–Crippen MR) is 99.6 cm³/mol. The molecule has 3 rings (SSSR count). The first-order chi connectivity index (χ1) is 13.3. The number of carbonyl (C=O) groups is 1. The molecule has 28 heavy (non-hydrogen) atoms. The SMILES string of the molecule is O=C(Cc1ccc(F)cc1)Nc1nnc(SCc2ccc(C(F)(F)F)cc2)s1. The first-order valence-corrected chi connectivity index (χ1v) is 9.76. The number of hydrogen-bond donors (Lipinski definition) is 1. The van der Waals surface area contributed by atoms with E-state index in [1.54, 1.807) is 0 Å². The molecule has 146 valence electrons. The van der Waals surface area contributed by atoms with Gasteiger partial charge in [0.1, 0.15) is 5.82 Å². The highest BCUT2D eigenvalue weighted by Gasteiger charge is 2.29. The van der Waals surface area contributed by atoms with Crippen molar-refractivity contribution in [2.45, 2.75) is 22.7 Å². The minimum Gasteiger partial charge on any atom is -0.300 e. The standard InChI is InChI=1S/C18H13F4N3OS2/c19-14-7-3-11(4-8-14)9-15(26)23-16-24-25-17(28-16)27-10-12-1-5-13(6-2-12)18(20,21)22/h1-8H,9-10H2,(H,23,24,26). The van der Waals surface area contributed by atoms with Gasteiger partial charge in [-0.3, -0.25) is 4.79 Å². The zero-order valence-corrected chi connectivity index (χ0v) is 15.8. The second-order valence-electron chi connectivity index (χ2n) is 5.71. The first-order valence-electron chi connectivity index (χ1n) is 7.96. The van der Waals surface area contributed by atoms with Crippen molar-refractivity contribution in [2.75, 3.05) is 5.32 Å². The van der Waals surface area contributed by atoms with Crippen molar-refractivity contribution in [1.29, 1.82) is 0 Å². The van der Waals surface area contributed by atoms with Crippen LogP contribution in [0.15, 0.2) is 52.9 Å². The number of amides is 1. The number of nitrogens with zero attached hydrogens (tertiary/aromatic N) is 2. The van der Waals surface area contributed by atoms with Gasteiger partial charge in [-0.25, -0.2) is 4.39 Å². The Hall–Kier alpha value is -2.46. The Morgan fingerprint density at radius 3 is 2.29 bits per heavy atom. The van der Waals surface area contributed by atoms with Crippen molar-refractivity contribution in [3.05, 3.63) is 71.0 Å². The third-order valence-electron chi connectivity index (χ3n) is 3.57. The second kappa shape index (κ2) is 8.70. The maximum atomic E-state index is 12.9. The molecular weight excluding hydrogens is 414 g/mol. The summed E-state index contributed by atoms with van der Waals surface area (Å²) >= 11 is 2.48. The third-order valence-corrected chi connectivity index (χ3v) is 5.62. The summed E-state index contributed by atoms with van der Waals surface area (Å²) in [6, 6.07) is 10.5. The van der Waals surface area contributed by atoms with E-state index in [2.05, 4.69) is 15.5 Å². The van der Waals surface area contributed by atoms with Gasteiger partial charge in [-0.15, -0.1) is 10.2 Å². The zero-order valence-electron chi connectivity index (χ0n) is 14.2. The Balaban J connectivity index is 1.51. The quantitative estimate of drug-likeness (QED) is 0.335. The van der Waals surface area contributed by atoms with Gasteiger partial charge in [0.2, 0.25) is 11.0 Å². The Bertz CT molecular complexity index is 941. The maximum absolute atomic E-state index is 12.9. The summed E-state index contributed by atoms with van der Waals surface area (Å²) in [6.45, 7) is 0. The van der Waals surface area contributed by atoms with Crippen LogP contribution >= 0.6 is 23.1 Å². The molecule has 0 aliphatic carbocycles. The van der Waals surface area contributed by atoms with Crippen LogP contribution in [-0.4, -0.2) is 16.1 Å². The summed E-state index contributed by atoms with van der Waals surface area (Å²) in [6.07, 6.45) is -4.28. The van der Waals surface area contributed by atoms with Crippen molar-refractivity contribution >= 4 is 34.1 Å². The number of halogens is 4. The van der Waals surface area contributed by atoms with E-state index in [0.29, 0.717) is 20.8 Å². The highest BCUT2D eigenvalue weighted by Crippen LogP contribution is 2.31. The van der Waals surface area contributed by atoms with E-state index in [4.69, 9.17) is 0 Å². The van der Waals surface area contributed by atoms with Gasteiger partial charge in [-0.1, -0.05) is 47.4 Å². The molecular formula is C18H13F4N3OS2. The average molecular weight is 427 g/mol. The fourth-order valence-electron chi connectivity index (χ4n) is 2.20. The van der Waals surface area contributed by atoms with E-state index in [9.17, 15) is 22.4 Å². The monoisotopic (exact) mass is 427 g/mol. The molecule has 0 radical (unpaired) electrons. The van der Waals surface area contributed by atoms with Crippen molar-refractivity contribution in [2.24, 2.45) is 0 Å². The number of benzene rings is 2. The van der Waals surface area contributed by atoms with Crippen LogP contribution in [0.3, 0.4) is 0 Å². The molecule has 0 aliphatic heterocycles. The molecule has 2 aromatic carbocycles. The summed E-state index contributed by atoms with van der Waals surface area (Å²) in [5, 5.41) is 10.8. The summed E-state index contributed by atoms with van der Waals surface area (Å²) in [5.41, 5.74) is 0.693. The number of hydrogen-bond acceptors (Lipinski definition) is 5. The molecule has 3 aromatic rings. The lowest BCUT2D eigenvalue weighted by Crippen LogP contribution is -2.14. The lowest BCUT2D eigenvalue weighted by atomic mass is 10.1. The van der Waals surface area contributed by atoms with Crippen LogP contribution in [0.1, 0.15) is 16.7 Å². The minimum atomic E-state index is -4.36. The molecule has 1 N–H and O–H groups in total. The Morgan fingerprint density at radius 1 is 1.00 bits per heavy atom. The van der Waals surface area contributed by atoms with E-state index in [-0.39, 0.29) is 18.1 Å². The van der Waals surface area contributed by atoms with Gasteiger partial charge in [-0.2, -0.15) is 13.2 Å². The van der Waals surface area contributed by atoms with E-state index >= 15 is 0 Å². The molecule has 1 amide bonds. The molecule has 1 aromatic heterocycles. The number of rotatable bonds is 6. The minimum absolute atomic E-state index is 0.0773.